The van der Waals surface area contributed by atoms with Gasteiger partial charge in [0.05, 0.1) is 0 Å². The molecule has 0 bridgehead atoms. The molecule has 2 fully saturated rings. The molecule has 2 atom stereocenters. The highest BCUT2D eigenvalue weighted by atomic mass is 32.1. The lowest BCUT2D eigenvalue weighted by molar-refractivity contribution is 0.196. The maximum atomic E-state index is 5.47. The minimum Gasteiger partial charge on any atom is -0.385 e. The van der Waals surface area contributed by atoms with Gasteiger partial charge in [-0.25, -0.2) is 0 Å². The van der Waals surface area contributed by atoms with E-state index < -0.39 is 0 Å². The molecule has 0 spiro atoms. The lowest BCUT2D eigenvalue weighted by Gasteiger charge is -2.36. The fraction of sp³-hybridized carbons (Fsp3) is 0.773. The van der Waals surface area contributed by atoms with E-state index >= 15 is 0 Å². The Hall–Kier alpha value is -1.67. The minimum absolute atomic E-state index is 0.561. The van der Waals surface area contributed by atoms with Gasteiger partial charge in [0.2, 0.25) is 5.95 Å². The van der Waals surface area contributed by atoms with Gasteiger partial charge in [0.1, 0.15) is 11.6 Å². The molecule has 2 unspecified atom stereocenters. The molecule has 2 aliphatic rings. The molecule has 7 nitrogen and oxygen atoms in total. The van der Waals surface area contributed by atoms with Crippen LogP contribution in [0.15, 0.2) is 6.07 Å². The average Bonchev–Trinajstić information content (AvgIpc) is 3.00. The van der Waals surface area contributed by atoms with Gasteiger partial charge in [0.25, 0.3) is 0 Å². The summed E-state index contributed by atoms with van der Waals surface area (Å²) < 4.78 is 5.10. The normalized spacial score (nSPS) is 22.5. The van der Waals surface area contributed by atoms with Crippen molar-refractivity contribution >= 4 is 34.9 Å². The van der Waals surface area contributed by atoms with Gasteiger partial charge in [-0.05, 0) is 49.7 Å². The number of piperidine rings is 1. The quantitative estimate of drug-likeness (QED) is 0.498. The van der Waals surface area contributed by atoms with Crippen molar-refractivity contribution in [2.45, 2.75) is 52.4 Å². The van der Waals surface area contributed by atoms with Gasteiger partial charge in [0.15, 0.2) is 5.11 Å². The molecule has 3 rings (SSSR count). The van der Waals surface area contributed by atoms with Crippen LogP contribution in [0.2, 0.25) is 0 Å². The summed E-state index contributed by atoms with van der Waals surface area (Å²) in [5.41, 5.74) is 0. The van der Waals surface area contributed by atoms with Crippen molar-refractivity contribution in [1.29, 1.82) is 0 Å². The number of aromatic nitrogens is 2. The number of nitrogens with zero attached hydrogens (tertiary/aromatic N) is 4. The predicted molar refractivity (Wildman–Crippen MR) is 129 cm³/mol. The van der Waals surface area contributed by atoms with E-state index in [0.717, 1.165) is 50.8 Å². The number of hydrogen-bond acceptors (Lipinski definition) is 6. The van der Waals surface area contributed by atoms with Crippen molar-refractivity contribution < 1.29 is 4.74 Å². The Bertz CT molecular complexity index is 670. The van der Waals surface area contributed by atoms with Gasteiger partial charge >= 0.3 is 0 Å². The van der Waals surface area contributed by atoms with Crippen LogP contribution in [0.25, 0.3) is 0 Å². The van der Waals surface area contributed by atoms with Crippen molar-refractivity contribution in [3.63, 3.8) is 0 Å². The molecule has 0 aliphatic carbocycles. The van der Waals surface area contributed by atoms with Crippen LogP contribution >= 0.6 is 12.2 Å². The Morgan fingerprint density at radius 2 is 1.70 bits per heavy atom. The standard InChI is InChI=1S/C22H38N6OS/c1-17-13-18(2)16-28(15-17)20-14-19(27-10-6-4-5-7-11-27)24-21(25-20)26-22(30)23-9-8-12-29-3/h14,17-18H,4-13,15-16H2,1-3H3,(H2,23,24,25,26,30). The summed E-state index contributed by atoms with van der Waals surface area (Å²) in [5, 5.41) is 7.00. The minimum atomic E-state index is 0.561. The first-order valence-corrected chi connectivity index (χ1v) is 11.9. The van der Waals surface area contributed by atoms with Crippen LogP contribution in [0.4, 0.5) is 17.6 Å². The summed E-state index contributed by atoms with van der Waals surface area (Å²) in [6.45, 7) is 10.3. The molecule has 8 heteroatoms. The third kappa shape index (κ3) is 6.94. The van der Waals surface area contributed by atoms with Crippen molar-refractivity contribution in [2.24, 2.45) is 11.8 Å². The van der Waals surface area contributed by atoms with Gasteiger partial charge in [-0.3, -0.25) is 0 Å². The summed E-state index contributed by atoms with van der Waals surface area (Å²) in [6, 6.07) is 2.18. The second kappa shape index (κ2) is 11.6. The molecule has 0 amide bonds. The highest BCUT2D eigenvalue weighted by Gasteiger charge is 2.24. The molecule has 0 aromatic carbocycles. The maximum Gasteiger partial charge on any atom is 0.232 e. The van der Waals surface area contributed by atoms with Crippen molar-refractivity contribution in [2.75, 3.05) is 61.6 Å². The Kier molecular flexibility index (Phi) is 8.93. The Balaban J connectivity index is 1.78. The molecule has 2 N–H and O–H groups in total. The summed E-state index contributed by atoms with van der Waals surface area (Å²) in [5.74, 6) is 3.95. The molecule has 3 heterocycles. The molecule has 168 valence electrons. The Labute approximate surface area is 187 Å². The van der Waals surface area contributed by atoms with E-state index in [2.05, 4.69) is 40.3 Å². The third-order valence-corrected chi connectivity index (χ3v) is 6.10. The van der Waals surface area contributed by atoms with E-state index in [1.54, 1.807) is 7.11 Å². The lowest BCUT2D eigenvalue weighted by Crippen LogP contribution is -2.39. The zero-order valence-electron chi connectivity index (χ0n) is 18.8. The third-order valence-electron chi connectivity index (χ3n) is 5.86. The molecule has 2 saturated heterocycles. The van der Waals surface area contributed by atoms with Crippen LogP contribution in [-0.4, -0.2) is 61.5 Å². The van der Waals surface area contributed by atoms with E-state index in [1.165, 1.54) is 32.1 Å². The van der Waals surface area contributed by atoms with Gasteiger partial charge in [0, 0.05) is 52.5 Å². The van der Waals surface area contributed by atoms with E-state index in [-0.39, 0.29) is 0 Å². The summed E-state index contributed by atoms with van der Waals surface area (Å²) in [7, 11) is 1.71. The van der Waals surface area contributed by atoms with Crippen LogP contribution in [0, 0.1) is 11.8 Å². The van der Waals surface area contributed by atoms with Crippen LogP contribution in [0.3, 0.4) is 0 Å². The van der Waals surface area contributed by atoms with Gasteiger partial charge in [-0.2, -0.15) is 9.97 Å². The molecule has 1 aromatic rings. The van der Waals surface area contributed by atoms with Crippen LogP contribution in [0.1, 0.15) is 52.4 Å². The zero-order chi connectivity index (χ0) is 21.3. The van der Waals surface area contributed by atoms with Gasteiger partial charge < -0.3 is 25.2 Å². The number of thiocarbonyl (C=S) groups is 1. The monoisotopic (exact) mass is 434 g/mol. The predicted octanol–water partition coefficient (Wildman–Crippen LogP) is 3.66. The van der Waals surface area contributed by atoms with Crippen molar-refractivity contribution in [1.82, 2.24) is 15.3 Å². The fourth-order valence-corrected chi connectivity index (χ4v) is 4.71. The molecule has 2 aliphatic heterocycles. The van der Waals surface area contributed by atoms with Crippen molar-refractivity contribution in [3.05, 3.63) is 6.07 Å². The SMILES string of the molecule is COCCCNC(=S)Nc1nc(N2CCCCCC2)cc(N2CC(C)CC(C)C2)n1. The number of anilines is 3. The van der Waals surface area contributed by atoms with Gasteiger partial charge in [-0.1, -0.05) is 26.7 Å². The van der Waals surface area contributed by atoms with Crippen LogP contribution < -0.4 is 20.4 Å². The second-order valence-electron chi connectivity index (χ2n) is 8.89. The number of nitrogens with one attached hydrogen (secondary N) is 2. The van der Waals surface area contributed by atoms with Crippen LogP contribution in [0.5, 0.6) is 0 Å². The molecule has 0 radical (unpaired) electrons. The first-order valence-electron chi connectivity index (χ1n) is 11.5. The molecule has 1 aromatic heterocycles. The zero-order valence-corrected chi connectivity index (χ0v) is 19.6. The van der Waals surface area contributed by atoms with E-state index in [0.29, 0.717) is 29.5 Å². The molecule has 0 saturated carbocycles. The van der Waals surface area contributed by atoms with Gasteiger partial charge in [-0.15, -0.1) is 0 Å². The van der Waals surface area contributed by atoms with E-state index in [4.69, 9.17) is 26.9 Å². The Morgan fingerprint density at radius 3 is 2.33 bits per heavy atom. The maximum absolute atomic E-state index is 5.47. The number of methoxy groups -OCH3 is 1. The highest BCUT2D eigenvalue weighted by Crippen LogP contribution is 2.29. The summed E-state index contributed by atoms with van der Waals surface area (Å²) >= 11 is 5.47. The fourth-order valence-electron chi connectivity index (χ4n) is 4.52. The summed E-state index contributed by atoms with van der Waals surface area (Å²) in [4.78, 5) is 14.5. The topological polar surface area (TPSA) is 65.6 Å². The van der Waals surface area contributed by atoms with Crippen molar-refractivity contribution in [3.8, 4) is 0 Å². The van der Waals surface area contributed by atoms with E-state index in [1.807, 2.05) is 0 Å². The highest BCUT2D eigenvalue weighted by molar-refractivity contribution is 7.80. The molecule has 30 heavy (non-hydrogen) atoms. The number of ether oxygens (including phenoxy) is 1. The first kappa shape index (κ1) is 23.0. The number of hydrogen-bond donors (Lipinski definition) is 2. The first-order chi connectivity index (χ1) is 14.5. The molecular formula is C22H38N6OS. The second-order valence-corrected chi connectivity index (χ2v) is 9.30. The van der Waals surface area contributed by atoms with Crippen LogP contribution in [-0.2, 0) is 4.74 Å². The van der Waals surface area contributed by atoms with E-state index in [9.17, 15) is 0 Å². The average molecular weight is 435 g/mol. The summed E-state index contributed by atoms with van der Waals surface area (Å²) in [6.07, 6.45) is 7.23. The molecular weight excluding hydrogens is 396 g/mol. The largest absolute Gasteiger partial charge is 0.385 e. The lowest BCUT2D eigenvalue weighted by atomic mass is 9.92. The number of rotatable bonds is 7. The smallest absolute Gasteiger partial charge is 0.232 e. The Morgan fingerprint density at radius 1 is 1.07 bits per heavy atom.